The normalized spacial score (nSPS) is 30.4. The number of aryl methyl sites for hydroxylation is 1. The van der Waals surface area contributed by atoms with Crippen molar-refractivity contribution >= 4 is 0 Å². The standard InChI is InChI=1S/C12H16O2/c1-8-4-6-9(7-5-8)10-11(13-2)12(10)14-3/h4-7,10-12H,1-3H3. The molecule has 2 rings (SSSR count). The van der Waals surface area contributed by atoms with Crippen LogP contribution in [-0.4, -0.2) is 26.4 Å². The predicted octanol–water partition coefficient (Wildman–Crippen LogP) is 2.12. The van der Waals surface area contributed by atoms with Crippen LogP contribution in [0.3, 0.4) is 0 Å². The molecule has 14 heavy (non-hydrogen) atoms. The number of methoxy groups -OCH3 is 2. The molecule has 0 spiro atoms. The van der Waals surface area contributed by atoms with Gasteiger partial charge >= 0.3 is 0 Å². The van der Waals surface area contributed by atoms with Crippen LogP contribution in [0, 0.1) is 6.92 Å². The minimum Gasteiger partial charge on any atom is -0.378 e. The van der Waals surface area contributed by atoms with Crippen molar-refractivity contribution in [1.29, 1.82) is 0 Å². The van der Waals surface area contributed by atoms with Gasteiger partial charge in [0.15, 0.2) is 0 Å². The Kier molecular flexibility index (Phi) is 2.57. The van der Waals surface area contributed by atoms with E-state index in [0.717, 1.165) is 0 Å². The molecular weight excluding hydrogens is 176 g/mol. The minimum absolute atomic E-state index is 0.239. The third-order valence-electron chi connectivity index (χ3n) is 2.90. The van der Waals surface area contributed by atoms with E-state index in [4.69, 9.17) is 9.47 Å². The first-order valence-electron chi connectivity index (χ1n) is 4.90. The first-order valence-corrected chi connectivity index (χ1v) is 4.90. The Bertz CT molecular complexity index is 295. The van der Waals surface area contributed by atoms with Gasteiger partial charge in [-0.05, 0) is 12.5 Å². The van der Waals surface area contributed by atoms with E-state index in [2.05, 4.69) is 31.2 Å². The summed E-state index contributed by atoms with van der Waals surface area (Å²) in [4.78, 5) is 0. The lowest BCUT2D eigenvalue weighted by molar-refractivity contribution is 0.0972. The first-order chi connectivity index (χ1) is 6.77. The van der Waals surface area contributed by atoms with Crippen molar-refractivity contribution in [2.75, 3.05) is 14.2 Å². The molecule has 2 nitrogen and oxygen atoms in total. The molecule has 1 aliphatic rings. The van der Waals surface area contributed by atoms with Gasteiger partial charge in [-0.2, -0.15) is 0 Å². The third-order valence-corrected chi connectivity index (χ3v) is 2.90. The summed E-state index contributed by atoms with van der Waals surface area (Å²) in [7, 11) is 3.48. The zero-order valence-electron chi connectivity index (χ0n) is 8.86. The van der Waals surface area contributed by atoms with Gasteiger partial charge < -0.3 is 9.47 Å². The fourth-order valence-corrected chi connectivity index (χ4v) is 1.99. The van der Waals surface area contributed by atoms with Crippen molar-refractivity contribution in [2.24, 2.45) is 0 Å². The fourth-order valence-electron chi connectivity index (χ4n) is 1.99. The second kappa shape index (κ2) is 3.71. The summed E-state index contributed by atoms with van der Waals surface area (Å²) in [5.74, 6) is 0.422. The van der Waals surface area contributed by atoms with Crippen molar-refractivity contribution in [1.82, 2.24) is 0 Å². The molecule has 2 heteroatoms. The van der Waals surface area contributed by atoms with Crippen molar-refractivity contribution in [3.8, 4) is 0 Å². The summed E-state index contributed by atoms with van der Waals surface area (Å²) in [6.07, 6.45) is 0.477. The summed E-state index contributed by atoms with van der Waals surface area (Å²) in [6.45, 7) is 2.10. The second-order valence-corrected chi connectivity index (χ2v) is 3.84. The molecule has 0 heterocycles. The smallest absolute Gasteiger partial charge is 0.0934 e. The van der Waals surface area contributed by atoms with E-state index in [1.165, 1.54) is 11.1 Å². The topological polar surface area (TPSA) is 18.5 Å². The fraction of sp³-hybridized carbons (Fsp3) is 0.500. The first kappa shape index (κ1) is 9.69. The lowest BCUT2D eigenvalue weighted by atomic mass is 10.1. The molecule has 1 aromatic rings. The Morgan fingerprint density at radius 1 is 0.929 bits per heavy atom. The Balaban J connectivity index is 2.13. The van der Waals surface area contributed by atoms with Gasteiger partial charge in [0.05, 0.1) is 12.2 Å². The van der Waals surface area contributed by atoms with Gasteiger partial charge in [-0.3, -0.25) is 0 Å². The van der Waals surface area contributed by atoms with Gasteiger partial charge in [-0.25, -0.2) is 0 Å². The van der Waals surface area contributed by atoms with Crippen LogP contribution in [-0.2, 0) is 9.47 Å². The quantitative estimate of drug-likeness (QED) is 0.730. The summed E-state index contributed by atoms with van der Waals surface area (Å²) in [6, 6.07) is 8.58. The van der Waals surface area contributed by atoms with E-state index in [-0.39, 0.29) is 12.2 Å². The largest absolute Gasteiger partial charge is 0.378 e. The summed E-state index contributed by atoms with van der Waals surface area (Å²) < 4.78 is 10.7. The van der Waals surface area contributed by atoms with Crippen molar-refractivity contribution in [3.63, 3.8) is 0 Å². The van der Waals surface area contributed by atoms with Crippen LogP contribution in [0.1, 0.15) is 17.0 Å². The molecule has 2 atom stereocenters. The molecule has 0 N–H and O–H groups in total. The summed E-state index contributed by atoms with van der Waals surface area (Å²) >= 11 is 0. The maximum absolute atomic E-state index is 5.34. The number of benzene rings is 1. The highest BCUT2D eigenvalue weighted by molar-refractivity contribution is 5.33. The molecule has 0 aromatic heterocycles. The maximum Gasteiger partial charge on any atom is 0.0934 e. The van der Waals surface area contributed by atoms with E-state index < -0.39 is 0 Å². The van der Waals surface area contributed by atoms with Crippen LogP contribution < -0.4 is 0 Å². The van der Waals surface area contributed by atoms with E-state index in [9.17, 15) is 0 Å². The van der Waals surface area contributed by atoms with Crippen molar-refractivity contribution in [3.05, 3.63) is 35.4 Å². The van der Waals surface area contributed by atoms with E-state index in [1.54, 1.807) is 14.2 Å². The third kappa shape index (κ3) is 1.56. The summed E-state index contributed by atoms with van der Waals surface area (Å²) in [5, 5.41) is 0. The SMILES string of the molecule is COC1C(OC)C1c1ccc(C)cc1. The Labute approximate surface area is 84.8 Å². The number of rotatable bonds is 3. The average Bonchev–Trinajstić information content (AvgIpc) is 2.92. The number of hydrogen-bond acceptors (Lipinski definition) is 2. The molecule has 2 unspecified atom stereocenters. The predicted molar refractivity (Wildman–Crippen MR) is 55.5 cm³/mol. The second-order valence-electron chi connectivity index (χ2n) is 3.84. The molecule has 0 radical (unpaired) electrons. The highest BCUT2D eigenvalue weighted by atomic mass is 16.5. The van der Waals surface area contributed by atoms with E-state index in [1.807, 2.05) is 0 Å². The molecular formula is C12H16O2. The lowest BCUT2D eigenvalue weighted by Gasteiger charge is -1.99. The van der Waals surface area contributed by atoms with Crippen LogP contribution in [0.15, 0.2) is 24.3 Å². The monoisotopic (exact) mass is 192 g/mol. The minimum atomic E-state index is 0.239. The van der Waals surface area contributed by atoms with Crippen LogP contribution in [0.5, 0.6) is 0 Å². The Hall–Kier alpha value is -0.860. The van der Waals surface area contributed by atoms with Crippen molar-refractivity contribution < 1.29 is 9.47 Å². The van der Waals surface area contributed by atoms with Crippen LogP contribution >= 0.6 is 0 Å². The van der Waals surface area contributed by atoms with Crippen LogP contribution in [0.4, 0.5) is 0 Å². The van der Waals surface area contributed by atoms with E-state index >= 15 is 0 Å². The molecule has 76 valence electrons. The highest BCUT2D eigenvalue weighted by Crippen LogP contribution is 2.45. The van der Waals surface area contributed by atoms with Gasteiger partial charge in [0.2, 0.25) is 0 Å². The molecule has 1 saturated carbocycles. The molecule has 0 bridgehead atoms. The molecule has 0 saturated heterocycles. The molecule has 0 aliphatic heterocycles. The van der Waals surface area contributed by atoms with Gasteiger partial charge in [-0.1, -0.05) is 29.8 Å². The van der Waals surface area contributed by atoms with Gasteiger partial charge in [-0.15, -0.1) is 0 Å². The van der Waals surface area contributed by atoms with E-state index in [0.29, 0.717) is 5.92 Å². The van der Waals surface area contributed by atoms with Crippen LogP contribution in [0.2, 0.25) is 0 Å². The van der Waals surface area contributed by atoms with Gasteiger partial charge in [0, 0.05) is 20.1 Å². The van der Waals surface area contributed by atoms with Crippen LogP contribution in [0.25, 0.3) is 0 Å². The van der Waals surface area contributed by atoms with Gasteiger partial charge in [0.1, 0.15) is 0 Å². The van der Waals surface area contributed by atoms with Gasteiger partial charge in [0.25, 0.3) is 0 Å². The molecule has 0 amide bonds. The average molecular weight is 192 g/mol. The number of ether oxygens (including phenoxy) is 2. The lowest BCUT2D eigenvalue weighted by Crippen LogP contribution is -1.96. The molecule has 1 fully saturated rings. The Morgan fingerprint density at radius 3 is 1.86 bits per heavy atom. The summed E-state index contributed by atoms with van der Waals surface area (Å²) in [5.41, 5.74) is 2.60. The molecule has 1 aliphatic carbocycles. The maximum atomic E-state index is 5.34. The zero-order chi connectivity index (χ0) is 10.1. The highest BCUT2D eigenvalue weighted by Gasteiger charge is 2.52. The number of hydrogen-bond donors (Lipinski definition) is 0. The van der Waals surface area contributed by atoms with Crippen molar-refractivity contribution in [2.45, 2.75) is 25.0 Å². The molecule has 1 aromatic carbocycles. The zero-order valence-corrected chi connectivity index (χ0v) is 8.86. The Morgan fingerprint density at radius 2 is 1.43 bits per heavy atom.